The molecule has 0 amide bonds. The second kappa shape index (κ2) is 4.55. The maximum absolute atomic E-state index is 4.25. The molecule has 0 aromatic carbocycles. The second-order valence-electron chi connectivity index (χ2n) is 7.74. The third-order valence-corrected chi connectivity index (χ3v) is 6.13. The van der Waals surface area contributed by atoms with E-state index in [0.29, 0.717) is 5.41 Å². The minimum absolute atomic E-state index is 0.613. The monoisotopic (exact) mass is 274 g/mol. The topological polar surface area (TPSA) is 42.7 Å². The molecular weight excluding hydrogens is 248 g/mol. The van der Waals surface area contributed by atoms with Crippen molar-refractivity contribution in [2.75, 3.05) is 6.54 Å². The first-order chi connectivity index (χ1) is 9.63. The molecule has 4 nitrogen and oxygen atoms in total. The van der Waals surface area contributed by atoms with E-state index in [1.54, 1.807) is 0 Å². The smallest absolute Gasteiger partial charge is 0.146 e. The van der Waals surface area contributed by atoms with Gasteiger partial charge in [0.2, 0.25) is 0 Å². The SMILES string of the molecule is Cc1nnc(CNCC23CC4CC(CC(C4)C2)C3)n1C. The van der Waals surface area contributed by atoms with Gasteiger partial charge in [-0.25, -0.2) is 0 Å². The van der Waals surface area contributed by atoms with Crippen molar-refractivity contribution in [3.05, 3.63) is 11.6 Å². The van der Waals surface area contributed by atoms with Gasteiger partial charge in [0.15, 0.2) is 0 Å². The lowest BCUT2D eigenvalue weighted by Crippen LogP contribution is -2.50. The predicted octanol–water partition coefficient (Wildman–Crippen LogP) is 2.43. The zero-order valence-corrected chi connectivity index (χ0v) is 12.7. The molecule has 4 aliphatic carbocycles. The minimum Gasteiger partial charge on any atom is -0.317 e. The van der Waals surface area contributed by atoms with Crippen molar-refractivity contribution in [1.29, 1.82) is 0 Å². The molecule has 110 valence electrons. The highest BCUT2D eigenvalue weighted by Gasteiger charge is 2.50. The molecular formula is C16H26N4. The fraction of sp³-hybridized carbons (Fsp3) is 0.875. The Bertz CT molecular complexity index is 469. The average molecular weight is 274 g/mol. The van der Waals surface area contributed by atoms with Crippen molar-refractivity contribution in [3.63, 3.8) is 0 Å². The van der Waals surface area contributed by atoms with E-state index in [1.165, 1.54) is 45.1 Å². The van der Waals surface area contributed by atoms with Crippen LogP contribution in [0.15, 0.2) is 0 Å². The molecule has 0 atom stereocenters. The first-order valence-corrected chi connectivity index (χ1v) is 8.19. The van der Waals surface area contributed by atoms with Crippen LogP contribution in [0.5, 0.6) is 0 Å². The van der Waals surface area contributed by atoms with Crippen LogP contribution in [0.4, 0.5) is 0 Å². The summed E-state index contributed by atoms with van der Waals surface area (Å²) in [5.74, 6) is 5.18. The van der Waals surface area contributed by atoms with E-state index < -0.39 is 0 Å². The maximum atomic E-state index is 4.25. The summed E-state index contributed by atoms with van der Waals surface area (Å²) >= 11 is 0. The van der Waals surface area contributed by atoms with Crippen LogP contribution in [0.2, 0.25) is 0 Å². The van der Waals surface area contributed by atoms with Crippen LogP contribution in [-0.2, 0) is 13.6 Å². The lowest BCUT2D eigenvalue weighted by atomic mass is 9.49. The largest absolute Gasteiger partial charge is 0.317 e. The Kier molecular flexibility index (Phi) is 2.92. The van der Waals surface area contributed by atoms with Crippen LogP contribution in [0.1, 0.15) is 50.2 Å². The summed E-state index contributed by atoms with van der Waals surface area (Å²) in [4.78, 5) is 0. The quantitative estimate of drug-likeness (QED) is 0.917. The van der Waals surface area contributed by atoms with Gasteiger partial charge in [0.1, 0.15) is 11.6 Å². The number of nitrogens with zero attached hydrogens (tertiary/aromatic N) is 3. The van der Waals surface area contributed by atoms with Gasteiger partial charge in [-0.05, 0) is 68.6 Å². The van der Waals surface area contributed by atoms with Gasteiger partial charge < -0.3 is 9.88 Å². The Morgan fingerprint density at radius 3 is 2.20 bits per heavy atom. The van der Waals surface area contributed by atoms with E-state index in [4.69, 9.17) is 0 Å². The van der Waals surface area contributed by atoms with Crippen molar-refractivity contribution >= 4 is 0 Å². The highest BCUT2D eigenvalue weighted by Crippen LogP contribution is 2.59. The average Bonchev–Trinajstić information content (AvgIpc) is 2.69. The number of nitrogens with one attached hydrogen (secondary N) is 1. The molecule has 4 saturated carbocycles. The molecule has 0 saturated heterocycles. The highest BCUT2D eigenvalue weighted by atomic mass is 15.3. The van der Waals surface area contributed by atoms with Crippen LogP contribution in [0.25, 0.3) is 0 Å². The van der Waals surface area contributed by atoms with Gasteiger partial charge in [-0.15, -0.1) is 10.2 Å². The summed E-state index contributed by atoms with van der Waals surface area (Å²) in [5.41, 5.74) is 0.613. The highest BCUT2D eigenvalue weighted by molar-refractivity contribution is 5.02. The first kappa shape index (κ1) is 12.8. The fourth-order valence-corrected chi connectivity index (χ4v) is 5.55. The number of hydrogen-bond donors (Lipinski definition) is 1. The van der Waals surface area contributed by atoms with E-state index in [0.717, 1.165) is 35.9 Å². The van der Waals surface area contributed by atoms with Gasteiger partial charge in [0.05, 0.1) is 6.54 Å². The minimum atomic E-state index is 0.613. The standard InChI is InChI=1S/C16H26N4/c1-11-18-19-15(20(11)2)9-17-10-16-6-12-3-13(7-16)5-14(4-12)8-16/h12-14,17H,3-10H2,1-2H3. The molecule has 4 aliphatic rings. The van der Waals surface area contributed by atoms with Gasteiger partial charge in [-0.3, -0.25) is 0 Å². The molecule has 20 heavy (non-hydrogen) atoms. The lowest BCUT2D eigenvalue weighted by Gasteiger charge is -2.57. The van der Waals surface area contributed by atoms with Crippen LogP contribution in [0.3, 0.4) is 0 Å². The molecule has 0 unspecified atom stereocenters. The number of aryl methyl sites for hydroxylation is 1. The van der Waals surface area contributed by atoms with Crippen molar-refractivity contribution in [3.8, 4) is 0 Å². The summed E-state index contributed by atoms with van der Waals surface area (Å²) in [6.07, 6.45) is 9.02. The van der Waals surface area contributed by atoms with E-state index in [9.17, 15) is 0 Å². The van der Waals surface area contributed by atoms with Gasteiger partial charge in [0, 0.05) is 13.6 Å². The summed E-state index contributed by atoms with van der Waals surface area (Å²) in [7, 11) is 2.05. The molecule has 0 aliphatic heterocycles. The molecule has 5 rings (SSSR count). The summed E-state index contributed by atoms with van der Waals surface area (Å²) in [6.45, 7) is 4.05. The van der Waals surface area contributed by atoms with E-state index in [1.807, 2.05) is 6.92 Å². The lowest BCUT2D eigenvalue weighted by molar-refractivity contribution is -0.0515. The summed E-state index contributed by atoms with van der Waals surface area (Å²) in [5, 5.41) is 12.1. The molecule has 1 aromatic heterocycles. The molecule has 4 bridgehead atoms. The third kappa shape index (κ3) is 2.09. The Balaban J connectivity index is 1.39. The molecule has 0 spiro atoms. The van der Waals surface area contributed by atoms with Crippen LogP contribution in [-0.4, -0.2) is 21.3 Å². The summed E-state index contributed by atoms with van der Waals surface area (Å²) < 4.78 is 2.09. The Morgan fingerprint density at radius 1 is 1.10 bits per heavy atom. The Hall–Kier alpha value is -0.900. The molecule has 1 N–H and O–H groups in total. The van der Waals surface area contributed by atoms with E-state index in [2.05, 4.69) is 27.1 Å². The van der Waals surface area contributed by atoms with Gasteiger partial charge in [0.25, 0.3) is 0 Å². The molecule has 1 aromatic rings. The van der Waals surface area contributed by atoms with E-state index in [-0.39, 0.29) is 0 Å². The van der Waals surface area contributed by atoms with Crippen LogP contribution < -0.4 is 5.32 Å². The number of hydrogen-bond acceptors (Lipinski definition) is 3. The van der Waals surface area contributed by atoms with Gasteiger partial charge in [-0.1, -0.05) is 0 Å². The molecule has 4 fully saturated rings. The van der Waals surface area contributed by atoms with Gasteiger partial charge in [-0.2, -0.15) is 0 Å². The molecule has 4 heteroatoms. The summed E-state index contributed by atoms with van der Waals surface area (Å²) in [6, 6.07) is 0. The normalized spacial score (nSPS) is 38.6. The van der Waals surface area contributed by atoms with Crippen LogP contribution in [0, 0.1) is 30.1 Å². The zero-order valence-electron chi connectivity index (χ0n) is 12.7. The van der Waals surface area contributed by atoms with Crippen molar-refractivity contribution in [2.45, 2.75) is 52.0 Å². The zero-order chi connectivity index (χ0) is 13.7. The molecule has 1 heterocycles. The van der Waals surface area contributed by atoms with Crippen LogP contribution >= 0.6 is 0 Å². The molecule has 0 radical (unpaired) electrons. The first-order valence-electron chi connectivity index (χ1n) is 8.19. The fourth-order valence-electron chi connectivity index (χ4n) is 5.55. The van der Waals surface area contributed by atoms with Crippen molar-refractivity contribution in [1.82, 2.24) is 20.1 Å². The maximum Gasteiger partial charge on any atom is 0.146 e. The third-order valence-electron chi connectivity index (χ3n) is 6.13. The van der Waals surface area contributed by atoms with Crippen molar-refractivity contribution in [2.24, 2.45) is 30.2 Å². The Morgan fingerprint density at radius 2 is 1.70 bits per heavy atom. The number of aromatic nitrogens is 3. The van der Waals surface area contributed by atoms with E-state index >= 15 is 0 Å². The second-order valence-corrected chi connectivity index (χ2v) is 7.74. The van der Waals surface area contributed by atoms with Crippen molar-refractivity contribution < 1.29 is 0 Å². The van der Waals surface area contributed by atoms with Gasteiger partial charge >= 0.3 is 0 Å². The predicted molar refractivity (Wildman–Crippen MR) is 78.1 cm³/mol. The number of rotatable bonds is 4. The Labute approximate surface area is 121 Å².